The topological polar surface area (TPSA) is 9.23 Å². The van der Waals surface area contributed by atoms with Gasteiger partial charge in [-0.15, -0.1) is 11.6 Å². The van der Waals surface area contributed by atoms with Crippen LogP contribution < -0.4 is 4.74 Å². The van der Waals surface area contributed by atoms with Crippen LogP contribution in [0, 0.1) is 12.3 Å². The van der Waals surface area contributed by atoms with Crippen LogP contribution in [-0.4, -0.2) is 11.5 Å². The first-order valence-electron chi connectivity index (χ1n) is 7.96. The van der Waals surface area contributed by atoms with Gasteiger partial charge in [-0.1, -0.05) is 39.3 Å². The van der Waals surface area contributed by atoms with Gasteiger partial charge in [-0.2, -0.15) is 0 Å². The minimum Gasteiger partial charge on any atom is -0.489 e. The average Bonchev–Trinajstić information content (AvgIpc) is 2.41. The summed E-state index contributed by atoms with van der Waals surface area (Å²) in [4.78, 5) is 0. The Morgan fingerprint density at radius 3 is 2.38 bits per heavy atom. The van der Waals surface area contributed by atoms with Crippen molar-refractivity contribution in [1.82, 2.24) is 0 Å². The van der Waals surface area contributed by atoms with Crippen molar-refractivity contribution in [1.29, 1.82) is 0 Å². The zero-order valence-corrected chi connectivity index (χ0v) is 15.2. The molecule has 1 saturated carbocycles. The fraction of sp³-hybridized carbons (Fsp3) is 0.667. The molecular weight excluding hydrogens is 303 g/mol. The molecule has 0 radical (unpaired) electrons. The van der Waals surface area contributed by atoms with E-state index in [1.807, 2.05) is 6.07 Å². The van der Waals surface area contributed by atoms with Gasteiger partial charge in [0.2, 0.25) is 0 Å². The molecule has 1 fully saturated rings. The van der Waals surface area contributed by atoms with E-state index in [0.29, 0.717) is 5.92 Å². The molecule has 1 aromatic rings. The van der Waals surface area contributed by atoms with Gasteiger partial charge in [-0.3, -0.25) is 0 Å². The van der Waals surface area contributed by atoms with Crippen molar-refractivity contribution in [3.63, 3.8) is 0 Å². The van der Waals surface area contributed by atoms with Crippen molar-refractivity contribution in [2.75, 3.05) is 0 Å². The standard InChI is InChI=1S/C18H26Cl2O/c1-6-18(7-2)16(20)10-17(18)21-15-9-13(11(3)4)14(19)8-12(15)5/h8-9,11,16-17H,6-7,10H2,1-5H3. The van der Waals surface area contributed by atoms with Crippen molar-refractivity contribution in [3.05, 3.63) is 28.3 Å². The molecule has 0 heterocycles. The first kappa shape index (κ1) is 17.0. The van der Waals surface area contributed by atoms with E-state index in [-0.39, 0.29) is 16.9 Å². The second-order valence-corrected chi connectivity index (χ2v) is 7.48. The monoisotopic (exact) mass is 328 g/mol. The molecule has 0 aliphatic heterocycles. The highest BCUT2D eigenvalue weighted by molar-refractivity contribution is 6.31. The molecule has 0 aromatic heterocycles. The molecule has 118 valence electrons. The van der Waals surface area contributed by atoms with E-state index >= 15 is 0 Å². The van der Waals surface area contributed by atoms with E-state index in [2.05, 4.69) is 40.7 Å². The summed E-state index contributed by atoms with van der Waals surface area (Å²) in [6.07, 6.45) is 3.27. The molecular formula is C18H26Cl2O. The summed E-state index contributed by atoms with van der Waals surface area (Å²) in [5, 5.41) is 1.06. The molecule has 2 atom stereocenters. The Labute approximate surface area is 139 Å². The number of hydrogen-bond donors (Lipinski definition) is 0. The lowest BCUT2D eigenvalue weighted by Crippen LogP contribution is -2.56. The van der Waals surface area contributed by atoms with Crippen LogP contribution in [-0.2, 0) is 0 Å². The minimum absolute atomic E-state index is 0.117. The van der Waals surface area contributed by atoms with E-state index in [0.717, 1.165) is 41.2 Å². The quantitative estimate of drug-likeness (QED) is 0.573. The molecule has 0 spiro atoms. The second-order valence-electron chi connectivity index (χ2n) is 6.54. The number of benzene rings is 1. The third kappa shape index (κ3) is 2.92. The van der Waals surface area contributed by atoms with E-state index < -0.39 is 0 Å². The maximum Gasteiger partial charge on any atom is 0.123 e. The zero-order valence-electron chi connectivity index (χ0n) is 13.7. The van der Waals surface area contributed by atoms with Gasteiger partial charge in [0.05, 0.1) is 0 Å². The number of hydrogen-bond acceptors (Lipinski definition) is 1. The number of aryl methyl sites for hydroxylation is 1. The lowest BCUT2D eigenvalue weighted by Gasteiger charge is -2.52. The highest BCUT2D eigenvalue weighted by atomic mass is 35.5. The SMILES string of the molecule is CCC1(CC)C(Cl)CC1Oc1cc(C(C)C)c(Cl)cc1C. The predicted octanol–water partition coefficient (Wildman–Crippen LogP) is 6.34. The summed E-state index contributed by atoms with van der Waals surface area (Å²) in [5.41, 5.74) is 2.37. The van der Waals surface area contributed by atoms with Gasteiger partial charge < -0.3 is 4.74 Å². The second kappa shape index (κ2) is 6.38. The highest BCUT2D eigenvalue weighted by Crippen LogP contribution is 2.52. The molecule has 1 aromatic carbocycles. The van der Waals surface area contributed by atoms with Crippen LogP contribution in [0.1, 0.15) is 64.0 Å². The van der Waals surface area contributed by atoms with Crippen LogP contribution in [0.25, 0.3) is 0 Å². The lowest BCUT2D eigenvalue weighted by molar-refractivity contribution is -0.0465. The van der Waals surface area contributed by atoms with E-state index in [1.54, 1.807) is 0 Å². The molecule has 21 heavy (non-hydrogen) atoms. The lowest BCUT2D eigenvalue weighted by atomic mass is 9.62. The van der Waals surface area contributed by atoms with Gasteiger partial charge in [-0.05, 0) is 48.9 Å². The molecule has 0 saturated heterocycles. The van der Waals surface area contributed by atoms with Crippen LogP contribution >= 0.6 is 23.2 Å². The van der Waals surface area contributed by atoms with Crippen molar-refractivity contribution >= 4 is 23.2 Å². The number of rotatable bonds is 5. The summed E-state index contributed by atoms with van der Waals surface area (Å²) in [6, 6.07) is 4.13. The molecule has 1 aliphatic carbocycles. The molecule has 2 rings (SSSR count). The first-order chi connectivity index (χ1) is 9.85. The number of ether oxygens (including phenoxy) is 1. The van der Waals surface area contributed by atoms with Crippen LogP contribution in [0.5, 0.6) is 5.75 Å². The summed E-state index contributed by atoms with van der Waals surface area (Å²) in [7, 11) is 0. The fourth-order valence-corrected chi connectivity index (χ4v) is 4.45. The summed E-state index contributed by atoms with van der Waals surface area (Å²) >= 11 is 12.8. The summed E-state index contributed by atoms with van der Waals surface area (Å²) in [6.45, 7) is 10.8. The third-order valence-corrected chi connectivity index (χ3v) is 6.13. The van der Waals surface area contributed by atoms with Gasteiger partial charge in [-0.25, -0.2) is 0 Å². The normalized spacial score (nSPS) is 24.0. The highest BCUT2D eigenvalue weighted by Gasteiger charge is 2.53. The van der Waals surface area contributed by atoms with Crippen molar-refractivity contribution in [3.8, 4) is 5.75 Å². The zero-order chi connectivity index (χ0) is 15.8. The van der Waals surface area contributed by atoms with Crippen molar-refractivity contribution < 1.29 is 4.74 Å². The molecule has 0 N–H and O–H groups in total. The summed E-state index contributed by atoms with van der Waals surface area (Å²) in [5.74, 6) is 1.35. The van der Waals surface area contributed by atoms with Gasteiger partial charge in [0, 0.05) is 22.2 Å². The van der Waals surface area contributed by atoms with Crippen LogP contribution in [0.15, 0.2) is 12.1 Å². The average molecular weight is 329 g/mol. The van der Waals surface area contributed by atoms with Crippen molar-refractivity contribution in [2.24, 2.45) is 5.41 Å². The Kier molecular flexibility index (Phi) is 5.15. The number of alkyl halides is 1. The Morgan fingerprint density at radius 1 is 1.29 bits per heavy atom. The largest absolute Gasteiger partial charge is 0.489 e. The Bertz CT molecular complexity index is 506. The van der Waals surface area contributed by atoms with Crippen LogP contribution in [0.3, 0.4) is 0 Å². The smallest absolute Gasteiger partial charge is 0.123 e. The van der Waals surface area contributed by atoms with Gasteiger partial charge >= 0.3 is 0 Å². The first-order valence-corrected chi connectivity index (χ1v) is 8.77. The van der Waals surface area contributed by atoms with E-state index in [1.165, 1.54) is 0 Å². The third-order valence-electron chi connectivity index (χ3n) is 5.19. The molecule has 3 heteroatoms. The maximum atomic E-state index is 6.48. The van der Waals surface area contributed by atoms with Gasteiger partial charge in [0.25, 0.3) is 0 Å². The maximum absolute atomic E-state index is 6.48. The molecule has 1 aliphatic rings. The van der Waals surface area contributed by atoms with E-state index in [9.17, 15) is 0 Å². The van der Waals surface area contributed by atoms with Gasteiger partial charge in [0.15, 0.2) is 0 Å². The molecule has 0 amide bonds. The predicted molar refractivity (Wildman–Crippen MR) is 92.0 cm³/mol. The molecule has 0 bridgehead atoms. The Hall–Kier alpha value is -0.400. The fourth-order valence-electron chi connectivity index (χ4n) is 3.40. The van der Waals surface area contributed by atoms with Gasteiger partial charge in [0.1, 0.15) is 11.9 Å². The van der Waals surface area contributed by atoms with Crippen molar-refractivity contribution in [2.45, 2.75) is 71.3 Å². The Morgan fingerprint density at radius 2 is 1.90 bits per heavy atom. The Balaban J connectivity index is 2.26. The molecule has 2 unspecified atom stereocenters. The minimum atomic E-state index is 0.117. The molecule has 1 nitrogen and oxygen atoms in total. The van der Waals surface area contributed by atoms with E-state index in [4.69, 9.17) is 27.9 Å². The summed E-state index contributed by atoms with van der Waals surface area (Å²) < 4.78 is 6.35. The van der Waals surface area contributed by atoms with Crippen LogP contribution in [0.2, 0.25) is 5.02 Å². The van der Waals surface area contributed by atoms with Crippen LogP contribution in [0.4, 0.5) is 0 Å². The number of halogens is 2.